The summed E-state index contributed by atoms with van der Waals surface area (Å²) in [4.78, 5) is 51.3. The lowest BCUT2D eigenvalue weighted by Gasteiger charge is -2.30. The molecule has 234 valence electrons. The molecule has 0 aliphatic carbocycles. The molecule has 0 bridgehead atoms. The van der Waals surface area contributed by atoms with Crippen molar-refractivity contribution >= 4 is 23.7 Å². The van der Waals surface area contributed by atoms with E-state index in [-0.39, 0.29) is 19.8 Å². The Bertz CT molecular complexity index is 730. The van der Waals surface area contributed by atoms with Crippen LogP contribution in [-0.4, -0.2) is 54.2 Å². The first kappa shape index (κ1) is 38.0. The fourth-order valence-electron chi connectivity index (χ4n) is 4.49. The van der Waals surface area contributed by atoms with Crippen molar-refractivity contribution in [2.45, 2.75) is 138 Å². The summed E-state index contributed by atoms with van der Waals surface area (Å²) < 4.78 is 15.9. The third-order valence-electron chi connectivity index (χ3n) is 6.91. The first-order chi connectivity index (χ1) is 18.8. The van der Waals surface area contributed by atoms with Crippen LogP contribution in [0.4, 0.5) is 0 Å². The van der Waals surface area contributed by atoms with Crippen LogP contribution in [0.2, 0.25) is 0 Å². The van der Waals surface area contributed by atoms with Crippen LogP contribution in [0.15, 0.2) is 0 Å². The van der Waals surface area contributed by atoms with Crippen LogP contribution in [0, 0.1) is 23.7 Å². The molecule has 0 rings (SSSR count). The molecule has 0 aromatic heterocycles. The fourth-order valence-corrected chi connectivity index (χ4v) is 4.49. The molecular formula is C32H58O8. The molecule has 0 aromatic carbocycles. The van der Waals surface area contributed by atoms with E-state index in [2.05, 4.69) is 41.5 Å². The SMILES string of the molecule is CC(=O)C(C(=O)OCCCCCC(C)C)C(O)(CC(=O)OCCCCCC(C)C)C(=O)OCCCCCC(C)C. The van der Waals surface area contributed by atoms with Gasteiger partial charge in [-0.1, -0.05) is 99.3 Å². The van der Waals surface area contributed by atoms with Crippen LogP contribution in [0.25, 0.3) is 0 Å². The van der Waals surface area contributed by atoms with Crippen molar-refractivity contribution < 1.29 is 38.5 Å². The number of carbonyl (C=O) groups is 4. The lowest BCUT2D eigenvalue weighted by molar-refractivity contribution is -0.187. The second-order valence-electron chi connectivity index (χ2n) is 12.4. The number of hydrogen-bond acceptors (Lipinski definition) is 8. The largest absolute Gasteiger partial charge is 0.466 e. The van der Waals surface area contributed by atoms with E-state index < -0.39 is 41.6 Å². The van der Waals surface area contributed by atoms with Gasteiger partial charge in [-0.05, 0) is 43.9 Å². The number of unbranched alkanes of at least 4 members (excludes halogenated alkanes) is 6. The van der Waals surface area contributed by atoms with Crippen molar-refractivity contribution in [1.82, 2.24) is 0 Å². The zero-order valence-corrected chi connectivity index (χ0v) is 26.4. The highest BCUT2D eigenvalue weighted by Gasteiger charge is 2.54. The van der Waals surface area contributed by atoms with E-state index in [1.54, 1.807) is 0 Å². The molecule has 8 heteroatoms. The van der Waals surface area contributed by atoms with Gasteiger partial charge >= 0.3 is 17.9 Å². The molecule has 0 heterocycles. The van der Waals surface area contributed by atoms with Gasteiger partial charge < -0.3 is 19.3 Å². The van der Waals surface area contributed by atoms with E-state index >= 15 is 0 Å². The van der Waals surface area contributed by atoms with Crippen molar-refractivity contribution in [1.29, 1.82) is 0 Å². The molecule has 0 aromatic rings. The third kappa shape index (κ3) is 17.7. The van der Waals surface area contributed by atoms with Gasteiger partial charge in [0, 0.05) is 0 Å². The Kier molecular flexibility index (Phi) is 20.7. The molecule has 0 amide bonds. The highest BCUT2D eigenvalue weighted by molar-refractivity contribution is 6.05. The number of aliphatic hydroxyl groups is 1. The summed E-state index contributed by atoms with van der Waals surface area (Å²) in [6.45, 7) is 14.1. The predicted molar refractivity (Wildman–Crippen MR) is 157 cm³/mol. The molecule has 0 fully saturated rings. The molecule has 40 heavy (non-hydrogen) atoms. The summed E-state index contributed by atoms with van der Waals surface area (Å²) in [5.41, 5.74) is -2.70. The Morgan fingerprint density at radius 1 is 0.600 bits per heavy atom. The number of Topliss-reactive ketones (excluding diaryl/α,β-unsaturated/α-hetero) is 1. The van der Waals surface area contributed by atoms with E-state index in [0.717, 1.165) is 64.7 Å². The smallest absolute Gasteiger partial charge is 0.340 e. The number of carbonyl (C=O) groups excluding carboxylic acids is 4. The molecular weight excluding hydrogens is 512 g/mol. The van der Waals surface area contributed by atoms with E-state index in [1.165, 1.54) is 0 Å². The molecule has 8 nitrogen and oxygen atoms in total. The Morgan fingerprint density at radius 3 is 1.40 bits per heavy atom. The molecule has 1 N–H and O–H groups in total. The maximum absolute atomic E-state index is 13.1. The van der Waals surface area contributed by atoms with Crippen LogP contribution >= 0.6 is 0 Å². The summed E-state index contributed by atoms with van der Waals surface area (Å²) in [7, 11) is 0. The zero-order valence-electron chi connectivity index (χ0n) is 26.4. The third-order valence-corrected chi connectivity index (χ3v) is 6.91. The average molecular weight is 571 g/mol. The Hall–Kier alpha value is -1.96. The van der Waals surface area contributed by atoms with E-state index in [4.69, 9.17) is 14.2 Å². The topological polar surface area (TPSA) is 116 Å². The van der Waals surface area contributed by atoms with Crippen molar-refractivity contribution in [2.75, 3.05) is 19.8 Å². The van der Waals surface area contributed by atoms with Gasteiger partial charge in [0.05, 0.1) is 26.2 Å². The Labute approximate surface area is 243 Å². The van der Waals surface area contributed by atoms with E-state index in [0.29, 0.717) is 37.0 Å². The van der Waals surface area contributed by atoms with Crippen LogP contribution in [0.1, 0.15) is 132 Å². The normalized spacial score (nSPS) is 13.8. The molecule has 0 saturated carbocycles. The second-order valence-corrected chi connectivity index (χ2v) is 12.4. The minimum atomic E-state index is -2.70. The van der Waals surface area contributed by atoms with Gasteiger partial charge in [-0.2, -0.15) is 0 Å². The summed E-state index contributed by atoms with van der Waals surface area (Å²) in [6.07, 6.45) is 9.69. The van der Waals surface area contributed by atoms with Gasteiger partial charge in [-0.25, -0.2) is 4.79 Å². The zero-order chi connectivity index (χ0) is 30.6. The van der Waals surface area contributed by atoms with Gasteiger partial charge in [-0.3, -0.25) is 14.4 Å². The molecule has 0 aliphatic heterocycles. The minimum Gasteiger partial charge on any atom is -0.466 e. The van der Waals surface area contributed by atoms with Gasteiger partial charge in [0.15, 0.2) is 11.5 Å². The summed E-state index contributed by atoms with van der Waals surface area (Å²) in [5, 5.41) is 11.4. The molecule has 2 unspecified atom stereocenters. The number of hydrogen-bond donors (Lipinski definition) is 1. The van der Waals surface area contributed by atoms with Gasteiger partial charge in [0.2, 0.25) is 0 Å². The van der Waals surface area contributed by atoms with Crippen molar-refractivity contribution in [3.8, 4) is 0 Å². The number of ketones is 1. The van der Waals surface area contributed by atoms with Crippen LogP contribution < -0.4 is 0 Å². The lowest BCUT2D eigenvalue weighted by Crippen LogP contribution is -2.55. The van der Waals surface area contributed by atoms with Gasteiger partial charge in [0.1, 0.15) is 5.78 Å². The summed E-state index contributed by atoms with van der Waals surface area (Å²) in [6, 6.07) is 0. The van der Waals surface area contributed by atoms with Crippen molar-refractivity contribution in [2.24, 2.45) is 23.7 Å². The average Bonchev–Trinajstić information content (AvgIpc) is 2.84. The molecule has 0 radical (unpaired) electrons. The highest BCUT2D eigenvalue weighted by atomic mass is 16.6. The second kappa shape index (κ2) is 21.7. The first-order valence-electron chi connectivity index (χ1n) is 15.5. The predicted octanol–water partition coefficient (Wildman–Crippen LogP) is 6.59. The van der Waals surface area contributed by atoms with Crippen LogP contribution in [-0.2, 0) is 33.4 Å². The molecule has 0 aliphatic rings. The number of rotatable bonds is 24. The van der Waals surface area contributed by atoms with Gasteiger partial charge in [0.25, 0.3) is 0 Å². The monoisotopic (exact) mass is 570 g/mol. The van der Waals surface area contributed by atoms with Crippen molar-refractivity contribution in [3.63, 3.8) is 0 Å². The lowest BCUT2D eigenvalue weighted by atomic mass is 9.81. The minimum absolute atomic E-state index is 0.0136. The summed E-state index contributed by atoms with van der Waals surface area (Å²) >= 11 is 0. The van der Waals surface area contributed by atoms with Gasteiger partial charge in [-0.15, -0.1) is 0 Å². The molecule has 0 saturated heterocycles. The van der Waals surface area contributed by atoms with E-state index in [9.17, 15) is 24.3 Å². The molecule has 0 spiro atoms. The number of ether oxygens (including phenoxy) is 3. The van der Waals surface area contributed by atoms with Crippen LogP contribution in [0.5, 0.6) is 0 Å². The number of esters is 3. The quantitative estimate of drug-likeness (QED) is 0.0598. The van der Waals surface area contributed by atoms with E-state index in [1.807, 2.05) is 0 Å². The Balaban J connectivity index is 5.29. The Morgan fingerprint density at radius 2 is 1.00 bits per heavy atom. The molecule has 2 atom stereocenters. The maximum Gasteiger partial charge on any atom is 0.340 e. The standard InChI is InChI=1S/C32H58O8/c1-24(2)17-11-8-14-20-38-28(34)23-32(37,31(36)40-22-16-10-13-19-26(5)6)29(27(7)33)30(35)39-21-15-9-12-18-25(3)4/h24-26,29,37H,8-23H2,1-7H3. The fraction of sp³-hybridized carbons (Fsp3) is 0.875. The summed E-state index contributed by atoms with van der Waals surface area (Å²) in [5.74, 6) is -3.98. The van der Waals surface area contributed by atoms with Crippen LogP contribution in [0.3, 0.4) is 0 Å². The first-order valence-corrected chi connectivity index (χ1v) is 15.5. The van der Waals surface area contributed by atoms with Crippen molar-refractivity contribution in [3.05, 3.63) is 0 Å². The highest BCUT2D eigenvalue weighted by Crippen LogP contribution is 2.28. The maximum atomic E-state index is 13.1.